The van der Waals surface area contributed by atoms with Gasteiger partial charge in [-0.2, -0.15) is 5.10 Å². The Labute approximate surface area is 137 Å². The van der Waals surface area contributed by atoms with Gasteiger partial charge in [0.25, 0.3) is 0 Å². The molecule has 0 saturated heterocycles. The van der Waals surface area contributed by atoms with Crippen LogP contribution < -0.4 is 15.8 Å². The van der Waals surface area contributed by atoms with Gasteiger partial charge in [-0.3, -0.25) is 0 Å². The second kappa shape index (κ2) is 6.68. The number of nitrogens with two attached hydrogens (primary N) is 1. The van der Waals surface area contributed by atoms with Crippen molar-refractivity contribution in [3.63, 3.8) is 0 Å². The highest BCUT2D eigenvalue weighted by Crippen LogP contribution is 2.32. The molecule has 0 spiro atoms. The molecule has 2 aromatic rings. The van der Waals surface area contributed by atoms with Crippen molar-refractivity contribution in [2.24, 2.45) is 12.8 Å². The number of aromatic nitrogens is 2. The number of hydrogen-bond acceptors (Lipinski definition) is 4. The summed E-state index contributed by atoms with van der Waals surface area (Å²) in [6.45, 7) is 2.35. The second-order valence-electron chi connectivity index (χ2n) is 4.69. The number of methoxy groups -OCH3 is 1. The zero-order valence-electron chi connectivity index (χ0n) is 12.2. The Balaban J connectivity index is 2.34. The lowest BCUT2D eigenvalue weighted by Gasteiger charge is -2.19. The first-order valence-corrected chi connectivity index (χ1v) is 7.64. The highest BCUT2D eigenvalue weighted by atomic mass is 79.9. The molecule has 1 atom stereocenters. The van der Waals surface area contributed by atoms with Gasteiger partial charge in [-0.1, -0.05) is 11.6 Å². The van der Waals surface area contributed by atoms with E-state index in [1.54, 1.807) is 11.8 Å². The Morgan fingerprint density at radius 2 is 2.24 bits per heavy atom. The third-order valence-electron chi connectivity index (χ3n) is 3.25. The fourth-order valence-electron chi connectivity index (χ4n) is 2.33. The Bertz CT molecular complexity index is 644. The van der Waals surface area contributed by atoms with Crippen LogP contribution in [0.2, 0.25) is 5.02 Å². The highest BCUT2D eigenvalue weighted by molar-refractivity contribution is 9.10. The molecular weight excluding hydrogens is 356 g/mol. The highest BCUT2D eigenvalue weighted by Gasteiger charge is 2.22. The van der Waals surface area contributed by atoms with E-state index in [1.807, 2.05) is 32.2 Å². The molecule has 114 valence electrons. The first-order chi connectivity index (χ1) is 9.97. The summed E-state index contributed by atoms with van der Waals surface area (Å²) in [5.41, 5.74) is 8.67. The summed E-state index contributed by atoms with van der Waals surface area (Å²) in [6, 6.07) is 5.58. The Morgan fingerprint density at radius 1 is 1.52 bits per heavy atom. The molecule has 0 aliphatic carbocycles. The molecule has 2 rings (SSSR count). The van der Waals surface area contributed by atoms with Crippen LogP contribution in [0.25, 0.3) is 0 Å². The van der Waals surface area contributed by atoms with E-state index >= 15 is 0 Å². The van der Waals surface area contributed by atoms with Crippen LogP contribution in [0, 0.1) is 6.92 Å². The molecule has 0 bridgehead atoms. The SMILES string of the molecule is COc1c(C(CN)Nc2ccc(Br)c(Cl)c2)c(C)nn1C. The second-order valence-corrected chi connectivity index (χ2v) is 5.96. The largest absolute Gasteiger partial charge is 0.481 e. The van der Waals surface area contributed by atoms with Gasteiger partial charge in [0.05, 0.1) is 29.4 Å². The minimum absolute atomic E-state index is 0.106. The lowest BCUT2D eigenvalue weighted by Crippen LogP contribution is -2.21. The standard InChI is InChI=1S/C14H18BrClN4O/c1-8-13(14(21-3)20(2)19-8)12(7-17)18-9-4-5-10(15)11(16)6-9/h4-6,12,18H,7,17H2,1-3H3. The molecule has 1 unspecified atom stereocenters. The van der Waals surface area contributed by atoms with E-state index in [-0.39, 0.29) is 6.04 Å². The monoisotopic (exact) mass is 372 g/mol. The van der Waals surface area contributed by atoms with Gasteiger partial charge in [0.1, 0.15) is 0 Å². The van der Waals surface area contributed by atoms with E-state index in [0.29, 0.717) is 17.4 Å². The van der Waals surface area contributed by atoms with Gasteiger partial charge in [-0.15, -0.1) is 0 Å². The molecule has 1 aromatic carbocycles. The Morgan fingerprint density at radius 3 is 2.81 bits per heavy atom. The normalized spacial score (nSPS) is 12.3. The van der Waals surface area contributed by atoms with Crippen LogP contribution in [0.3, 0.4) is 0 Å². The minimum atomic E-state index is -0.106. The van der Waals surface area contributed by atoms with Crippen molar-refractivity contribution < 1.29 is 4.74 Å². The van der Waals surface area contributed by atoms with E-state index < -0.39 is 0 Å². The van der Waals surface area contributed by atoms with E-state index in [2.05, 4.69) is 26.3 Å². The maximum atomic E-state index is 6.12. The Hall–Kier alpha value is -1.24. The number of benzene rings is 1. The fraction of sp³-hybridized carbons (Fsp3) is 0.357. The first-order valence-electron chi connectivity index (χ1n) is 6.47. The summed E-state index contributed by atoms with van der Waals surface area (Å²) >= 11 is 9.50. The summed E-state index contributed by atoms with van der Waals surface area (Å²) in [6.07, 6.45) is 0. The van der Waals surface area contributed by atoms with Crippen LogP contribution in [0.5, 0.6) is 5.88 Å². The van der Waals surface area contributed by atoms with Gasteiger partial charge in [0, 0.05) is 23.8 Å². The molecular formula is C14H18BrClN4O. The fourth-order valence-corrected chi connectivity index (χ4v) is 2.76. The molecule has 0 amide bonds. The summed E-state index contributed by atoms with van der Waals surface area (Å²) in [4.78, 5) is 0. The summed E-state index contributed by atoms with van der Waals surface area (Å²) in [7, 11) is 3.48. The number of ether oxygens (including phenoxy) is 1. The smallest absolute Gasteiger partial charge is 0.216 e. The van der Waals surface area contributed by atoms with Gasteiger partial charge in [0.15, 0.2) is 0 Å². The van der Waals surface area contributed by atoms with Crippen LogP contribution >= 0.6 is 27.5 Å². The number of nitrogens with one attached hydrogen (secondary N) is 1. The van der Waals surface area contributed by atoms with Crippen molar-refractivity contribution >= 4 is 33.2 Å². The van der Waals surface area contributed by atoms with Crippen LogP contribution in [0.15, 0.2) is 22.7 Å². The molecule has 0 fully saturated rings. The third-order valence-corrected chi connectivity index (χ3v) is 4.48. The van der Waals surface area contributed by atoms with Gasteiger partial charge in [0.2, 0.25) is 5.88 Å². The van der Waals surface area contributed by atoms with Crippen LogP contribution in [0.4, 0.5) is 5.69 Å². The molecule has 3 N–H and O–H groups in total. The summed E-state index contributed by atoms with van der Waals surface area (Å²) in [5.74, 6) is 0.707. The molecule has 1 aromatic heterocycles. The van der Waals surface area contributed by atoms with Gasteiger partial charge < -0.3 is 15.8 Å². The number of anilines is 1. The zero-order chi connectivity index (χ0) is 15.6. The molecule has 0 aliphatic heterocycles. The molecule has 1 heterocycles. The minimum Gasteiger partial charge on any atom is -0.481 e. The van der Waals surface area contributed by atoms with Crippen LogP contribution in [0.1, 0.15) is 17.3 Å². The van der Waals surface area contributed by atoms with Gasteiger partial charge in [-0.05, 0) is 41.1 Å². The third kappa shape index (κ3) is 3.33. The van der Waals surface area contributed by atoms with E-state index in [1.165, 1.54) is 0 Å². The van der Waals surface area contributed by atoms with Gasteiger partial charge >= 0.3 is 0 Å². The number of hydrogen-bond donors (Lipinski definition) is 2. The van der Waals surface area contributed by atoms with Crippen molar-refractivity contribution in [1.29, 1.82) is 0 Å². The van der Waals surface area contributed by atoms with Crippen molar-refractivity contribution in [3.8, 4) is 5.88 Å². The maximum absolute atomic E-state index is 6.12. The quantitative estimate of drug-likeness (QED) is 0.844. The van der Waals surface area contributed by atoms with Gasteiger partial charge in [-0.25, -0.2) is 4.68 Å². The molecule has 0 saturated carbocycles. The molecule has 5 nitrogen and oxygen atoms in total. The van der Waals surface area contributed by atoms with Crippen molar-refractivity contribution in [2.75, 3.05) is 19.0 Å². The van der Waals surface area contributed by atoms with Crippen molar-refractivity contribution in [3.05, 3.63) is 39.0 Å². The van der Waals surface area contributed by atoms with E-state index in [9.17, 15) is 0 Å². The van der Waals surface area contributed by atoms with Crippen molar-refractivity contribution in [1.82, 2.24) is 9.78 Å². The molecule has 0 radical (unpaired) electrons. The first kappa shape index (κ1) is 16.1. The van der Waals surface area contributed by atoms with Crippen molar-refractivity contribution in [2.45, 2.75) is 13.0 Å². The predicted octanol–water partition coefficient (Wildman–Crippen LogP) is 3.26. The lowest BCUT2D eigenvalue weighted by molar-refractivity contribution is 0.367. The average Bonchev–Trinajstić information content (AvgIpc) is 2.74. The summed E-state index contributed by atoms with van der Waals surface area (Å²) in [5, 5.41) is 8.41. The predicted molar refractivity (Wildman–Crippen MR) is 89.1 cm³/mol. The maximum Gasteiger partial charge on any atom is 0.216 e. The van der Waals surface area contributed by atoms with Crippen LogP contribution in [-0.4, -0.2) is 23.4 Å². The topological polar surface area (TPSA) is 65.1 Å². The van der Waals surface area contributed by atoms with E-state index in [4.69, 9.17) is 22.1 Å². The molecule has 0 aliphatic rings. The zero-order valence-corrected chi connectivity index (χ0v) is 14.5. The average molecular weight is 374 g/mol. The van der Waals surface area contributed by atoms with Crippen LogP contribution in [-0.2, 0) is 7.05 Å². The number of nitrogens with zero attached hydrogens (tertiary/aromatic N) is 2. The number of aryl methyl sites for hydroxylation is 2. The summed E-state index contributed by atoms with van der Waals surface area (Å²) < 4.78 is 8.00. The Kier molecular flexibility index (Phi) is 5.13. The number of rotatable bonds is 5. The number of halogens is 2. The molecule has 7 heteroatoms. The molecule has 21 heavy (non-hydrogen) atoms. The van der Waals surface area contributed by atoms with E-state index in [0.717, 1.165) is 21.4 Å². The lowest BCUT2D eigenvalue weighted by atomic mass is 10.1.